The topological polar surface area (TPSA) is 68.0 Å². The Morgan fingerprint density at radius 3 is 2.67 bits per heavy atom. The van der Waals surface area contributed by atoms with Gasteiger partial charge in [0.2, 0.25) is 0 Å². The zero-order chi connectivity index (χ0) is 13.2. The lowest BCUT2D eigenvalue weighted by molar-refractivity contribution is -0.133. The van der Waals surface area contributed by atoms with Crippen molar-refractivity contribution < 1.29 is 9.90 Å². The Morgan fingerprint density at radius 1 is 1.39 bits per heavy atom. The summed E-state index contributed by atoms with van der Waals surface area (Å²) in [5.41, 5.74) is 0.0992. The Morgan fingerprint density at radius 2 is 2.06 bits per heavy atom. The molecule has 0 aromatic carbocycles. The molecular formula is C12H19N3O2S. The molecule has 1 fully saturated rings. The smallest absolute Gasteiger partial charge is 0.313 e. The number of nitrogens with zero attached hydrogens (tertiary/aromatic N) is 3. The predicted octanol–water partition coefficient (Wildman–Crippen LogP) is 2.21. The molecule has 0 aliphatic heterocycles. The minimum absolute atomic E-state index is 0.0304. The number of aromatic nitrogens is 3. The van der Waals surface area contributed by atoms with E-state index >= 15 is 0 Å². The van der Waals surface area contributed by atoms with Gasteiger partial charge >= 0.3 is 5.97 Å². The molecule has 1 aliphatic rings. The third-order valence-electron chi connectivity index (χ3n) is 3.66. The van der Waals surface area contributed by atoms with Crippen LogP contribution >= 0.6 is 11.8 Å². The second kappa shape index (κ2) is 5.30. The van der Waals surface area contributed by atoms with Crippen LogP contribution in [-0.4, -0.2) is 31.6 Å². The van der Waals surface area contributed by atoms with Crippen LogP contribution in [0, 0.1) is 0 Å². The Balaban J connectivity index is 2.16. The predicted molar refractivity (Wildman–Crippen MR) is 69.8 cm³/mol. The van der Waals surface area contributed by atoms with Crippen molar-refractivity contribution in [3.8, 4) is 0 Å². The largest absolute Gasteiger partial charge is 0.481 e. The number of hydrogen-bond donors (Lipinski definition) is 1. The molecule has 0 atom stereocenters. The van der Waals surface area contributed by atoms with E-state index in [1.54, 1.807) is 0 Å². The van der Waals surface area contributed by atoms with Crippen molar-refractivity contribution in [2.75, 3.05) is 5.75 Å². The van der Waals surface area contributed by atoms with Gasteiger partial charge in [-0.1, -0.05) is 37.9 Å². The maximum absolute atomic E-state index is 10.6. The molecule has 0 amide bonds. The van der Waals surface area contributed by atoms with Crippen molar-refractivity contribution in [1.29, 1.82) is 0 Å². The maximum atomic E-state index is 10.6. The van der Waals surface area contributed by atoms with E-state index in [1.807, 2.05) is 11.6 Å². The van der Waals surface area contributed by atoms with Crippen LogP contribution in [0.3, 0.4) is 0 Å². The van der Waals surface area contributed by atoms with E-state index in [1.165, 1.54) is 31.0 Å². The molecule has 1 saturated carbocycles. The molecule has 5 nitrogen and oxygen atoms in total. The molecule has 0 spiro atoms. The van der Waals surface area contributed by atoms with Gasteiger partial charge in [0.15, 0.2) is 5.16 Å². The second-order valence-corrected chi connectivity index (χ2v) is 6.11. The molecule has 1 aliphatic carbocycles. The molecule has 100 valence electrons. The fourth-order valence-electron chi connectivity index (χ4n) is 2.65. The highest BCUT2D eigenvalue weighted by Gasteiger charge is 2.33. The summed E-state index contributed by atoms with van der Waals surface area (Å²) in [6, 6.07) is 0. The van der Waals surface area contributed by atoms with Crippen LogP contribution in [-0.2, 0) is 17.3 Å². The molecule has 6 heteroatoms. The quantitative estimate of drug-likeness (QED) is 0.849. The molecule has 1 aromatic heterocycles. The second-order valence-electron chi connectivity index (χ2n) is 5.17. The Bertz CT molecular complexity index is 439. The van der Waals surface area contributed by atoms with Gasteiger partial charge in [0, 0.05) is 12.5 Å². The average molecular weight is 269 g/mol. The van der Waals surface area contributed by atoms with Gasteiger partial charge in [-0.3, -0.25) is 4.79 Å². The minimum atomic E-state index is -0.826. The highest BCUT2D eigenvalue weighted by atomic mass is 32.2. The highest BCUT2D eigenvalue weighted by molar-refractivity contribution is 7.99. The van der Waals surface area contributed by atoms with E-state index in [0.29, 0.717) is 5.16 Å². The molecule has 2 rings (SSSR count). The van der Waals surface area contributed by atoms with Crippen LogP contribution in [0.2, 0.25) is 0 Å². The van der Waals surface area contributed by atoms with Crippen molar-refractivity contribution in [3.05, 3.63) is 5.82 Å². The molecule has 1 aromatic rings. The van der Waals surface area contributed by atoms with E-state index < -0.39 is 5.97 Å². The third-order valence-corrected chi connectivity index (χ3v) is 4.66. The van der Waals surface area contributed by atoms with Crippen molar-refractivity contribution in [1.82, 2.24) is 14.8 Å². The van der Waals surface area contributed by atoms with Crippen molar-refractivity contribution >= 4 is 17.7 Å². The first-order chi connectivity index (χ1) is 8.53. The summed E-state index contributed by atoms with van der Waals surface area (Å²) in [6.45, 7) is 2.24. The average Bonchev–Trinajstić information content (AvgIpc) is 2.69. The molecule has 0 radical (unpaired) electrons. The van der Waals surface area contributed by atoms with Crippen LogP contribution in [0.1, 0.15) is 44.9 Å². The number of carbonyl (C=O) groups is 1. The van der Waals surface area contributed by atoms with E-state index in [0.717, 1.165) is 18.7 Å². The Hall–Kier alpha value is -1.04. The van der Waals surface area contributed by atoms with Crippen LogP contribution in [0.15, 0.2) is 5.16 Å². The molecule has 0 saturated heterocycles. The summed E-state index contributed by atoms with van der Waals surface area (Å²) in [5, 5.41) is 17.8. The minimum Gasteiger partial charge on any atom is -0.481 e. The first-order valence-electron chi connectivity index (χ1n) is 6.27. The van der Waals surface area contributed by atoms with Gasteiger partial charge in [0.1, 0.15) is 5.82 Å². The van der Waals surface area contributed by atoms with Crippen LogP contribution in [0.25, 0.3) is 0 Å². The molecule has 0 bridgehead atoms. The lowest BCUT2D eigenvalue weighted by Crippen LogP contribution is -2.28. The summed E-state index contributed by atoms with van der Waals surface area (Å²) in [5.74, 6) is 0.200. The molecule has 18 heavy (non-hydrogen) atoms. The van der Waals surface area contributed by atoms with Gasteiger partial charge in [0.25, 0.3) is 0 Å². The summed E-state index contributed by atoms with van der Waals surface area (Å²) in [7, 11) is 1.93. The van der Waals surface area contributed by atoms with Crippen molar-refractivity contribution in [2.45, 2.75) is 49.6 Å². The monoisotopic (exact) mass is 269 g/mol. The fraction of sp³-hybridized carbons (Fsp3) is 0.750. The SMILES string of the molecule is Cn1c(SCC(=O)O)nnc1C1(C)CCCCC1. The van der Waals surface area contributed by atoms with Gasteiger partial charge < -0.3 is 9.67 Å². The third kappa shape index (κ3) is 2.68. The highest BCUT2D eigenvalue weighted by Crippen LogP contribution is 2.38. The van der Waals surface area contributed by atoms with E-state index in [2.05, 4.69) is 17.1 Å². The van der Waals surface area contributed by atoms with Crippen LogP contribution in [0.5, 0.6) is 0 Å². The molecule has 1 N–H and O–H groups in total. The van der Waals surface area contributed by atoms with Crippen molar-refractivity contribution in [3.63, 3.8) is 0 Å². The Labute approximate surface area is 111 Å². The van der Waals surface area contributed by atoms with Crippen molar-refractivity contribution in [2.24, 2.45) is 7.05 Å². The van der Waals surface area contributed by atoms with Crippen LogP contribution < -0.4 is 0 Å². The van der Waals surface area contributed by atoms with Gasteiger partial charge in [-0.15, -0.1) is 10.2 Å². The van der Waals surface area contributed by atoms with E-state index in [9.17, 15) is 4.79 Å². The lowest BCUT2D eigenvalue weighted by Gasteiger charge is -2.32. The van der Waals surface area contributed by atoms with E-state index in [-0.39, 0.29) is 11.2 Å². The summed E-state index contributed by atoms with van der Waals surface area (Å²) in [4.78, 5) is 10.6. The van der Waals surface area contributed by atoms with E-state index in [4.69, 9.17) is 5.11 Å². The number of carboxylic acid groups (broad SMARTS) is 1. The standard InChI is InChI=1S/C12H19N3O2S/c1-12(6-4-3-5-7-12)10-13-14-11(15(10)2)18-8-9(16)17/h3-8H2,1-2H3,(H,16,17). The molecule has 0 unspecified atom stereocenters. The first kappa shape index (κ1) is 13.4. The Kier molecular flexibility index (Phi) is 3.94. The summed E-state index contributed by atoms with van der Waals surface area (Å²) >= 11 is 1.23. The fourth-order valence-corrected chi connectivity index (χ4v) is 3.28. The number of rotatable bonds is 4. The van der Waals surface area contributed by atoms with Gasteiger partial charge in [-0.25, -0.2) is 0 Å². The number of thioether (sulfide) groups is 1. The number of hydrogen-bond acceptors (Lipinski definition) is 4. The van der Waals surface area contributed by atoms with Gasteiger partial charge in [-0.05, 0) is 12.8 Å². The first-order valence-corrected chi connectivity index (χ1v) is 7.26. The zero-order valence-electron chi connectivity index (χ0n) is 10.8. The zero-order valence-corrected chi connectivity index (χ0v) is 11.7. The number of aliphatic carboxylic acids is 1. The van der Waals surface area contributed by atoms with Gasteiger partial charge in [-0.2, -0.15) is 0 Å². The molecule has 1 heterocycles. The summed E-state index contributed by atoms with van der Waals surface area (Å²) in [6.07, 6.45) is 6.06. The maximum Gasteiger partial charge on any atom is 0.313 e. The van der Waals surface area contributed by atoms with Crippen LogP contribution in [0.4, 0.5) is 0 Å². The lowest BCUT2D eigenvalue weighted by atomic mass is 9.75. The number of carboxylic acids is 1. The normalized spacial score (nSPS) is 18.8. The summed E-state index contributed by atoms with van der Waals surface area (Å²) < 4.78 is 1.96. The van der Waals surface area contributed by atoms with Gasteiger partial charge in [0.05, 0.1) is 5.75 Å². The molecular weight excluding hydrogens is 250 g/mol.